The number of furan rings is 1. The van der Waals surface area contributed by atoms with Gasteiger partial charge >= 0.3 is 0 Å². The molecule has 2 aliphatic rings. The normalized spacial score (nSPS) is 17.4. The quantitative estimate of drug-likeness (QED) is 0.532. The van der Waals surface area contributed by atoms with Crippen molar-refractivity contribution >= 4 is 24.0 Å². The third-order valence-corrected chi connectivity index (χ3v) is 6.79. The molecule has 2 amide bonds. The molecule has 6 heteroatoms. The highest BCUT2D eigenvalue weighted by Crippen LogP contribution is 2.22. The van der Waals surface area contributed by atoms with Crippen LogP contribution in [0.2, 0.25) is 0 Å². The van der Waals surface area contributed by atoms with Crippen molar-refractivity contribution in [3.8, 4) is 5.75 Å². The van der Waals surface area contributed by atoms with Crippen LogP contribution < -0.4 is 15.4 Å². The topological polar surface area (TPSA) is 63.0 Å². The van der Waals surface area contributed by atoms with Crippen LogP contribution in [0.25, 0.3) is 12.2 Å². The highest BCUT2D eigenvalue weighted by atomic mass is 16.5. The number of nitrogens with zero attached hydrogens (tertiary/aromatic N) is 2. The monoisotopic (exact) mass is 470 g/mol. The Morgan fingerprint density at radius 3 is 2.54 bits per heavy atom. The van der Waals surface area contributed by atoms with Crippen LogP contribution in [0.4, 0.5) is 0 Å². The number of piperazine rings is 1. The van der Waals surface area contributed by atoms with E-state index in [0.717, 1.165) is 47.6 Å². The van der Waals surface area contributed by atoms with Crippen LogP contribution in [-0.2, 0) is 17.8 Å². The molecule has 0 spiro atoms. The molecule has 180 valence electrons. The molecule has 1 fully saturated rings. The number of carbonyl (C=O) groups is 2. The van der Waals surface area contributed by atoms with Crippen molar-refractivity contribution in [3.05, 3.63) is 88.2 Å². The van der Waals surface area contributed by atoms with Crippen LogP contribution in [0.15, 0.2) is 65.1 Å². The molecule has 0 saturated carbocycles. The van der Waals surface area contributed by atoms with Crippen molar-refractivity contribution < 1.29 is 18.7 Å². The summed E-state index contributed by atoms with van der Waals surface area (Å²) < 4.78 is 11.1. The van der Waals surface area contributed by atoms with Crippen LogP contribution in [0.5, 0.6) is 5.75 Å². The first-order chi connectivity index (χ1) is 17.1. The Hall–Kier alpha value is -3.80. The first-order valence-corrected chi connectivity index (χ1v) is 12.2. The number of carbonyl (C=O) groups excluding carboxylic acids is 2. The van der Waals surface area contributed by atoms with Crippen molar-refractivity contribution in [1.29, 1.82) is 0 Å². The van der Waals surface area contributed by atoms with Gasteiger partial charge in [0, 0.05) is 18.3 Å². The van der Waals surface area contributed by atoms with Crippen molar-refractivity contribution in [2.45, 2.75) is 38.3 Å². The Morgan fingerprint density at radius 1 is 1.03 bits per heavy atom. The zero-order valence-electron chi connectivity index (χ0n) is 20.0. The number of fused-ring (bicyclic) bond motifs is 1. The third kappa shape index (κ3) is 5.16. The van der Waals surface area contributed by atoms with Gasteiger partial charge in [-0.25, -0.2) is 0 Å². The van der Waals surface area contributed by atoms with E-state index in [-0.39, 0.29) is 24.4 Å². The van der Waals surface area contributed by atoms with Crippen LogP contribution in [0.1, 0.15) is 40.9 Å². The average molecular weight is 471 g/mol. The molecule has 1 aliphatic heterocycles. The standard InChI is InChI=1S/C29H30N2O4/c1-34-25-15-12-22(13-16-25)18-31-24(14-11-21-7-3-2-4-8-21)19-30(20-28(31)32)29(33)27-17-23-9-5-6-10-26(23)35-27/h2-4,7-10,12-13,15-17,24H,5-6,11,14,18-20H2,1H3. The largest absolute Gasteiger partial charge is 0.497 e. The Bertz CT molecular complexity index is 1280. The fraction of sp³-hybridized carbons (Fsp3) is 0.310. The fourth-order valence-corrected chi connectivity index (χ4v) is 4.85. The highest BCUT2D eigenvalue weighted by molar-refractivity contribution is 5.95. The van der Waals surface area contributed by atoms with Crippen LogP contribution >= 0.6 is 0 Å². The van der Waals surface area contributed by atoms with Gasteiger partial charge in [-0.15, -0.1) is 0 Å². The summed E-state index contributed by atoms with van der Waals surface area (Å²) in [5.41, 5.74) is 3.01. The minimum Gasteiger partial charge on any atom is -0.497 e. The second-order valence-corrected chi connectivity index (χ2v) is 9.15. The molecule has 0 radical (unpaired) electrons. The maximum absolute atomic E-state index is 13.3. The number of benzene rings is 2. The molecule has 35 heavy (non-hydrogen) atoms. The Balaban J connectivity index is 1.36. The molecular formula is C29H30N2O4. The van der Waals surface area contributed by atoms with Gasteiger partial charge in [-0.2, -0.15) is 0 Å². The molecule has 3 aromatic rings. The Labute approximate surface area is 205 Å². The molecule has 2 aromatic carbocycles. The molecule has 2 heterocycles. The van der Waals surface area contributed by atoms with E-state index < -0.39 is 0 Å². The zero-order valence-corrected chi connectivity index (χ0v) is 20.0. The number of rotatable bonds is 7. The van der Waals surface area contributed by atoms with Gasteiger partial charge in [-0.3, -0.25) is 9.59 Å². The molecule has 1 unspecified atom stereocenters. The summed E-state index contributed by atoms with van der Waals surface area (Å²) >= 11 is 0. The van der Waals surface area contributed by atoms with Crippen LogP contribution in [-0.4, -0.2) is 47.9 Å². The van der Waals surface area contributed by atoms with E-state index in [1.165, 1.54) is 5.56 Å². The van der Waals surface area contributed by atoms with Crippen molar-refractivity contribution in [1.82, 2.24) is 9.80 Å². The minimum atomic E-state index is -0.219. The maximum atomic E-state index is 13.3. The average Bonchev–Trinajstić information content (AvgIpc) is 3.34. The molecule has 0 bridgehead atoms. The number of amides is 2. The van der Waals surface area contributed by atoms with Gasteiger partial charge in [0.2, 0.25) is 5.91 Å². The highest BCUT2D eigenvalue weighted by Gasteiger charge is 2.35. The Morgan fingerprint density at radius 2 is 1.80 bits per heavy atom. The second-order valence-electron chi connectivity index (χ2n) is 9.15. The minimum absolute atomic E-state index is 0.0482. The molecular weight excluding hydrogens is 440 g/mol. The molecule has 6 nitrogen and oxygen atoms in total. The van der Waals surface area contributed by atoms with Gasteiger partial charge in [0.1, 0.15) is 17.7 Å². The van der Waals surface area contributed by atoms with E-state index in [2.05, 4.69) is 18.2 Å². The SMILES string of the molecule is COc1ccc(CN2C(=O)CN(C(=O)c3cc4c(o3)=CCCC=4)CC2CCc2ccccc2)cc1. The van der Waals surface area contributed by atoms with Crippen molar-refractivity contribution in [2.24, 2.45) is 0 Å². The van der Waals surface area contributed by atoms with Gasteiger partial charge in [-0.05, 0) is 61.1 Å². The number of methoxy groups -OCH3 is 1. The zero-order chi connectivity index (χ0) is 24.2. The van der Waals surface area contributed by atoms with E-state index in [1.54, 1.807) is 18.1 Å². The number of aryl methyl sites for hydroxylation is 1. The summed E-state index contributed by atoms with van der Waals surface area (Å²) in [5, 5.41) is 0.963. The lowest BCUT2D eigenvalue weighted by atomic mass is 10.0. The summed E-state index contributed by atoms with van der Waals surface area (Å²) in [6.45, 7) is 1.03. The van der Waals surface area contributed by atoms with E-state index in [0.29, 0.717) is 18.8 Å². The molecule has 1 saturated heterocycles. The molecule has 1 atom stereocenters. The Kier molecular flexibility index (Phi) is 6.70. The fourth-order valence-electron chi connectivity index (χ4n) is 4.85. The van der Waals surface area contributed by atoms with E-state index in [1.807, 2.05) is 53.4 Å². The van der Waals surface area contributed by atoms with E-state index >= 15 is 0 Å². The summed E-state index contributed by atoms with van der Waals surface area (Å²) in [4.78, 5) is 30.3. The number of ether oxygens (including phenoxy) is 1. The predicted octanol–water partition coefficient (Wildman–Crippen LogP) is 3.13. The number of hydrogen-bond donors (Lipinski definition) is 0. The van der Waals surface area contributed by atoms with E-state index in [9.17, 15) is 9.59 Å². The molecule has 1 aromatic heterocycles. The van der Waals surface area contributed by atoms with Crippen molar-refractivity contribution in [2.75, 3.05) is 20.2 Å². The van der Waals surface area contributed by atoms with Crippen LogP contribution in [0, 0.1) is 0 Å². The lowest BCUT2D eigenvalue weighted by Gasteiger charge is -2.41. The smallest absolute Gasteiger partial charge is 0.290 e. The van der Waals surface area contributed by atoms with Crippen molar-refractivity contribution in [3.63, 3.8) is 0 Å². The molecule has 5 rings (SSSR count). The van der Waals surface area contributed by atoms with Gasteiger partial charge in [0.05, 0.1) is 13.2 Å². The van der Waals surface area contributed by atoms with Gasteiger partial charge in [0.25, 0.3) is 5.91 Å². The molecule has 0 N–H and O–H groups in total. The van der Waals surface area contributed by atoms with Gasteiger partial charge in [-0.1, -0.05) is 48.5 Å². The summed E-state index contributed by atoms with van der Waals surface area (Å²) in [6.07, 6.45) is 7.58. The maximum Gasteiger partial charge on any atom is 0.290 e. The summed E-state index contributed by atoms with van der Waals surface area (Å²) in [6, 6.07) is 19.8. The van der Waals surface area contributed by atoms with E-state index in [4.69, 9.17) is 9.15 Å². The lowest BCUT2D eigenvalue weighted by molar-refractivity contribution is -0.139. The number of hydrogen-bond acceptors (Lipinski definition) is 4. The lowest BCUT2D eigenvalue weighted by Crippen LogP contribution is -2.57. The summed E-state index contributed by atoms with van der Waals surface area (Å²) in [5.74, 6) is 0.825. The predicted molar refractivity (Wildman–Crippen MR) is 134 cm³/mol. The first kappa shape index (κ1) is 23.0. The summed E-state index contributed by atoms with van der Waals surface area (Å²) in [7, 11) is 1.64. The van der Waals surface area contributed by atoms with Crippen LogP contribution in [0.3, 0.4) is 0 Å². The third-order valence-electron chi connectivity index (χ3n) is 6.79. The van der Waals surface area contributed by atoms with Gasteiger partial charge in [0.15, 0.2) is 5.76 Å². The van der Waals surface area contributed by atoms with Gasteiger partial charge < -0.3 is 19.0 Å². The first-order valence-electron chi connectivity index (χ1n) is 12.2. The molecule has 1 aliphatic carbocycles. The second kappa shape index (κ2) is 10.2.